The summed E-state index contributed by atoms with van der Waals surface area (Å²) in [5.41, 5.74) is 1.57. The van der Waals surface area contributed by atoms with Crippen molar-refractivity contribution in [2.45, 2.75) is 39.3 Å². The van der Waals surface area contributed by atoms with E-state index in [4.69, 9.17) is 0 Å². The Labute approximate surface area is 136 Å². The smallest absolute Gasteiger partial charge is 0.273 e. The molecular formula is C17H24N4O2. The van der Waals surface area contributed by atoms with E-state index in [9.17, 15) is 9.90 Å². The van der Waals surface area contributed by atoms with Gasteiger partial charge in [-0.25, -0.2) is 0 Å². The summed E-state index contributed by atoms with van der Waals surface area (Å²) in [7, 11) is 0. The highest BCUT2D eigenvalue weighted by Gasteiger charge is 2.18. The third-order valence-electron chi connectivity index (χ3n) is 3.78. The van der Waals surface area contributed by atoms with E-state index in [1.54, 1.807) is 10.9 Å². The number of aliphatic hydroxyl groups excluding tert-OH is 1. The molecule has 6 nitrogen and oxygen atoms in total. The first kappa shape index (κ1) is 17.1. The van der Waals surface area contributed by atoms with Gasteiger partial charge in [-0.2, -0.15) is 0 Å². The molecule has 1 amide bonds. The second kappa shape index (κ2) is 8.43. The van der Waals surface area contributed by atoms with Crippen molar-refractivity contribution in [1.82, 2.24) is 20.3 Å². The van der Waals surface area contributed by atoms with E-state index in [-0.39, 0.29) is 30.2 Å². The van der Waals surface area contributed by atoms with Crippen molar-refractivity contribution in [3.63, 3.8) is 0 Å². The zero-order chi connectivity index (χ0) is 16.7. The highest BCUT2D eigenvalue weighted by Crippen LogP contribution is 2.05. The number of aryl methyl sites for hydroxylation is 2. The fourth-order valence-electron chi connectivity index (χ4n) is 2.27. The molecule has 23 heavy (non-hydrogen) atoms. The molecule has 0 saturated carbocycles. The second-order valence-electron chi connectivity index (χ2n) is 5.96. The van der Waals surface area contributed by atoms with Crippen LogP contribution in [0.2, 0.25) is 0 Å². The summed E-state index contributed by atoms with van der Waals surface area (Å²) in [4.78, 5) is 12.1. The monoisotopic (exact) mass is 316 g/mol. The number of benzene rings is 1. The number of aliphatic hydroxyl groups is 1. The maximum absolute atomic E-state index is 12.1. The van der Waals surface area contributed by atoms with Crippen molar-refractivity contribution in [1.29, 1.82) is 0 Å². The van der Waals surface area contributed by atoms with Crippen molar-refractivity contribution >= 4 is 5.91 Å². The van der Waals surface area contributed by atoms with E-state index < -0.39 is 0 Å². The van der Waals surface area contributed by atoms with Gasteiger partial charge in [-0.3, -0.25) is 9.48 Å². The molecule has 1 heterocycles. The van der Waals surface area contributed by atoms with Crippen LogP contribution in [0.1, 0.15) is 36.3 Å². The van der Waals surface area contributed by atoms with Gasteiger partial charge in [0.2, 0.25) is 0 Å². The van der Waals surface area contributed by atoms with E-state index in [1.165, 1.54) is 5.56 Å². The van der Waals surface area contributed by atoms with Crippen molar-refractivity contribution < 1.29 is 9.90 Å². The number of hydrogen-bond acceptors (Lipinski definition) is 4. The molecule has 0 fully saturated rings. The Morgan fingerprint density at radius 3 is 2.70 bits per heavy atom. The van der Waals surface area contributed by atoms with Crippen molar-refractivity contribution in [3.8, 4) is 0 Å². The van der Waals surface area contributed by atoms with Crippen molar-refractivity contribution in [2.75, 3.05) is 6.61 Å². The topological polar surface area (TPSA) is 80.0 Å². The third-order valence-corrected chi connectivity index (χ3v) is 3.78. The normalized spacial score (nSPS) is 12.3. The molecule has 2 N–H and O–H groups in total. The zero-order valence-electron chi connectivity index (χ0n) is 13.6. The molecule has 0 spiro atoms. The Morgan fingerprint density at radius 2 is 2.04 bits per heavy atom. The molecule has 0 saturated heterocycles. The lowest BCUT2D eigenvalue weighted by Crippen LogP contribution is -2.41. The van der Waals surface area contributed by atoms with Crippen LogP contribution in [-0.2, 0) is 13.0 Å². The van der Waals surface area contributed by atoms with E-state index in [2.05, 4.69) is 27.8 Å². The molecule has 0 aliphatic rings. The second-order valence-corrected chi connectivity index (χ2v) is 5.96. The van der Waals surface area contributed by atoms with Crippen LogP contribution in [0.15, 0.2) is 36.5 Å². The van der Waals surface area contributed by atoms with Gasteiger partial charge in [0.1, 0.15) is 0 Å². The lowest BCUT2D eigenvalue weighted by atomic mass is 10.1. The molecule has 1 aromatic heterocycles. The van der Waals surface area contributed by atoms with Crippen LogP contribution in [0.5, 0.6) is 0 Å². The summed E-state index contributed by atoms with van der Waals surface area (Å²) in [5.74, 6) is -0.142. The number of carbonyl (C=O) groups is 1. The Morgan fingerprint density at radius 1 is 1.30 bits per heavy atom. The maximum atomic E-state index is 12.1. The van der Waals surface area contributed by atoms with Crippen LogP contribution < -0.4 is 5.32 Å². The largest absolute Gasteiger partial charge is 0.394 e. The van der Waals surface area contributed by atoms with Crippen LogP contribution in [-0.4, -0.2) is 38.7 Å². The molecule has 1 atom stereocenters. The van der Waals surface area contributed by atoms with Gasteiger partial charge in [0, 0.05) is 6.54 Å². The van der Waals surface area contributed by atoms with Gasteiger partial charge in [0.05, 0.1) is 18.8 Å². The quantitative estimate of drug-likeness (QED) is 0.776. The molecule has 1 aromatic carbocycles. The van der Waals surface area contributed by atoms with Gasteiger partial charge in [0.15, 0.2) is 5.69 Å². The standard InChI is InChI=1S/C17H24N4O2/c1-13(2)16(12-22)18-17(23)15-11-21(20-19-15)10-6-9-14-7-4-3-5-8-14/h3-5,7-8,11,13,16,22H,6,9-10,12H2,1-2H3,(H,18,23). The number of aromatic nitrogens is 3. The van der Waals surface area contributed by atoms with Crippen LogP contribution in [0.4, 0.5) is 0 Å². The molecule has 0 aliphatic carbocycles. The first-order valence-electron chi connectivity index (χ1n) is 7.96. The predicted molar refractivity (Wildman–Crippen MR) is 88.0 cm³/mol. The van der Waals surface area contributed by atoms with E-state index in [0.717, 1.165) is 12.8 Å². The molecular weight excluding hydrogens is 292 g/mol. The summed E-state index contributed by atoms with van der Waals surface area (Å²) < 4.78 is 1.68. The SMILES string of the molecule is CC(C)C(CO)NC(=O)c1cn(CCCc2ccccc2)nn1. The Bertz CT molecular complexity index is 610. The van der Waals surface area contributed by atoms with Crippen LogP contribution in [0.25, 0.3) is 0 Å². The predicted octanol–water partition coefficient (Wildman–Crippen LogP) is 1.66. The Hall–Kier alpha value is -2.21. The van der Waals surface area contributed by atoms with Gasteiger partial charge >= 0.3 is 0 Å². The van der Waals surface area contributed by atoms with Gasteiger partial charge in [-0.1, -0.05) is 49.4 Å². The Kier molecular flexibility index (Phi) is 6.29. The fraction of sp³-hybridized carbons (Fsp3) is 0.471. The average Bonchev–Trinajstić information content (AvgIpc) is 3.02. The highest BCUT2D eigenvalue weighted by atomic mass is 16.3. The highest BCUT2D eigenvalue weighted by molar-refractivity contribution is 5.92. The van der Waals surface area contributed by atoms with Crippen molar-refractivity contribution in [2.24, 2.45) is 5.92 Å². The number of amides is 1. The van der Waals surface area contributed by atoms with Gasteiger partial charge in [-0.15, -0.1) is 5.10 Å². The first-order chi connectivity index (χ1) is 11.1. The third kappa shape index (κ3) is 5.17. The van der Waals surface area contributed by atoms with Gasteiger partial charge in [-0.05, 0) is 24.3 Å². The zero-order valence-corrected chi connectivity index (χ0v) is 13.6. The number of hydrogen-bond donors (Lipinski definition) is 2. The molecule has 124 valence electrons. The van der Waals surface area contributed by atoms with E-state index in [0.29, 0.717) is 6.54 Å². The average molecular weight is 316 g/mol. The Balaban J connectivity index is 1.84. The molecule has 0 aliphatic heterocycles. The maximum Gasteiger partial charge on any atom is 0.273 e. The summed E-state index contributed by atoms with van der Waals surface area (Å²) in [6.07, 6.45) is 3.54. The van der Waals surface area contributed by atoms with Gasteiger partial charge < -0.3 is 10.4 Å². The molecule has 6 heteroatoms. The molecule has 1 unspecified atom stereocenters. The minimum absolute atomic E-state index is 0.0887. The van der Waals surface area contributed by atoms with E-state index >= 15 is 0 Å². The van der Waals surface area contributed by atoms with Crippen LogP contribution >= 0.6 is 0 Å². The summed E-state index contributed by atoms with van der Waals surface area (Å²) in [6.45, 7) is 4.51. The number of rotatable bonds is 8. The molecule has 2 rings (SSSR count). The number of carbonyl (C=O) groups excluding carboxylic acids is 1. The molecule has 2 aromatic rings. The van der Waals surface area contributed by atoms with Crippen LogP contribution in [0.3, 0.4) is 0 Å². The molecule has 0 bridgehead atoms. The lowest BCUT2D eigenvalue weighted by Gasteiger charge is -2.18. The fourth-order valence-corrected chi connectivity index (χ4v) is 2.27. The molecule has 0 radical (unpaired) electrons. The summed E-state index contributed by atoms with van der Waals surface area (Å²) in [6, 6.07) is 9.98. The summed E-state index contributed by atoms with van der Waals surface area (Å²) in [5, 5.41) is 19.9. The van der Waals surface area contributed by atoms with Crippen molar-refractivity contribution in [3.05, 3.63) is 47.8 Å². The number of nitrogens with one attached hydrogen (secondary N) is 1. The van der Waals surface area contributed by atoms with Gasteiger partial charge in [0.25, 0.3) is 5.91 Å². The number of nitrogens with zero attached hydrogens (tertiary/aromatic N) is 3. The lowest BCUT2D eigenvalue weighted by molar-refractivity contribution is 0.0891. The minimum Gasteiger partial charge on any atom is -0.394 e. The first-order valence-corrected chi connectivity index (χ1v) is 7.96. The minimum atomic E-state index is -0.299. The summed E-state index contributed by atoms with van der Waals surface area (Å²) >= 11 is 0. The van der Waals surface area contributed by atoms with E-state index in [1.807, 2.05) is 32.0 Å². The van der Waals surface area contributed by atoms with Crippen LogP contribution in [0, 0.1) is 5.92 Å².